The topological polar surface area (TPSA) is 21.6 Å². The van der Waals surface area contributed by atoms with Crippen molar-refractivity contribution < 1.29 is 4.84 Å². The van der Waals surface area contributed by atoms with Crippen LogP contribution in [0.15, 0.2) is 65.8 Å². The lowest BCUT2D eigenvalue weighted by Crippen LogP contribution is -2.13. The molecule has 1 aliphatic rings. The molecule has 0 spiro atoms. The molecule has 22 heavy (non-hydrogen) atoms. The molecule has 0 radical (unpaired) electrons. The first-order valence-corrected chi connectivity index (χ1v) is 7.47. The minimum atomic E-state index is -0.201. The van der Waals surface area contributed by atoms with Crippen LogP contribution in [0, 0.1) is 17.3 Å². The van der Waals surface area contributed by atoms with Gasteiger partial charge in [0.2, 0.25) is 0 Å². The zero-order valence-electron chi connectivity index (χ0n) is 12.9. The monoisotopic (exact) mass is 289 g/mol. The van der Waals surface area contributed by atoms with Crippen molar-refractivity contribution in [2.24, 2.45) is 10.6 Å². The maximum atomic E-state index is 4.99. The molecule has 2 aromatic carbocycles. The lowest BCUT2D eigenvalue weighted by molar-refractivity contribution is 0.211. The van der Waals surface area contributed by atoms with Crippen LogP contribution < -0.4 is 0 Å². The van der Waals surface area contributed by atoms with Crippen LogP contribution in [0.3, 0.4) is 0 Å². The molecule has 0 bridgehead atoms. The van der Waals surface area contributed by atoms with Gasteiger partial charge in [0.25, 0.3) is 0 Å². The molecule has 0 amide bonds. The maximum absolute atomic E-state index is 4.99. The highest BCUT2D eigenvalue weighted by Crippen LogP contribution is 2.60. The van der Waals surface area contributed by atoms with E-state index < -0.39 is 0 Å². The van der Waals surface area contributed by atoms with E-state index in [1.54, 1.807) is 7.11 Å². The van der Waals surface area contributed by atoms with Crippen molar-refractivity contribution in [2.75, 3.05) is 7.11 Å². The zero-order chi connectivity index (χ0) is 15.4. The Labute approximate surface area is 131 Å². The number of oxime groups is 1. The Balaban J connectivity index is 1.94. The van der Waals surface area contributed by atoms with Crippen molar-refractivity contribution >= 4 is 5.71 Å². The lowest BCUT2D eigenvalue weighted by Gasteiger charge is -2.10. The van der Waals surface area contributed by atoms with Gasteiger partial charge in [0.15, 0.2) is 0 Å². The molecule has 0 heterocycles. The maximum Gasteiger partial charge on any atom is 0.106 e. The summed E-state index contributed by atoms with van der Waals surface area (Å²) in [4.78, 5) is 4.99. The minimum absolute atomic E-state index is 0.201. The molecule has 0 aromatic heterocycles. The van der Waals surface area contributed by atoms with Gasteiger partial charge in [-0.05, 0) is 31.0 Å². The fourth-order valence-corrected chi connectivity index (χ4v) is 2.90. The van der Waals surface area contributed by atoms with E-state index in [0.29, 0.717) is 5.92 Å². The van der Waals surface area contributed by atoms with Crippen LogP contribution in [0.1, 0.15) is 30.4 Å². The average Bonchev–Trinajstić information content (AvgIpc) is 3.31. The largest absolute Gasteiger partial charge is 0.399 e. The molecule has 3 rings (SSSR count). The molecule has 0 aliphatic heterocycles. The van der Waals surface area contributed by atoms with Crippen LogP contribution in [0.2, 0.25) is 0 Å². The van der Waals surface area contributed by atoms with Gasteiger partial charge in [-0.15, -0.1) is 0 Å². The third-order valence-corrected chi connectivity index (χ3v) is 4.24. The smallest absolute Gasteiger partial charge is 0.106 e. The highest BCUT2D eigenvalue weighted by molar-refractivity contribution is 5.95. The lowest BCUT2D eigenvalue weighted by atomic mass is 9.94. The fourth-order valence-electron chi connectivity index (χ4n) is 2.90. The fraction of sp³-hybridized carbons (Fsp3) is 0.250. The summed E-state index contributed by atoms with van der Waals surface area (Å²) < 4.78 is 0. The SMILES string of the molecule is CO/N=C(\C)[C@]1(C#Cc2ccccc2)C[C@H]1c1ccccc1. The number of hydrogen-bond donors (Lipinski definition) is 0. The summed E-state index contributed by atoms with van der Waals surface area (Å²) in [7, 11) is 1.59. The molecule has 0 saturated heterocycles. The van der Waals surface area contributed by atoms with Gasteiger partial charge in [0.1, 0.15) is 7.11 Å². The third kappa shape index (κ3) is 2.76. The van der Waals surface area contributed by atoms with E-state index in [9.17, 15) is 0 Å². The van der Waals surface area contributed by atoms with Crippen molar-refractivity contribution in [3.05, 3.63) is 71.8 Å². The predicted octanol–water partition coefficient (Wildman–Crippen LogP) is 4.23. The molecule has 2 aromatic rings. The van der Waals surface area contributed by atoms with Gasteiger partial charge < -0.3 is 4.84 Å². The molecule has 2 nitrogen and oxygen atoms in total. The number of benzene rings is 2. The third-order valence-electron chi connectivity index (χ3n) is 4.24. The first-order valence-electron chi connectivity index (χ1n) is 7.47. The second kappa shape index (κ2) is 6.07. The predicted molar refractivity (Wildman–Crippen MR) is 89.7 cm³/mol. The Morgan fingerprint density at radius 2 is 1.73 bits per heavy atom. The molecule has 2 heteroatoms. The summed E-state index contributed by atoms with van der Waals surface area (Å²) in [5.41, 5.74) is 3.10. The Hall–Kier alpha value is -2.53. The summed E-state index contributed by atoms with van der Waals surface area (Å²) in [5.74, 6) is 7.15. The van der Waals surface area contributed by atoms with Crippen LogP contribution >= 0.6 is 0 Å². The standard InChI is InChI=1S/C20H19NO/c1-16(21-22-2)20(14-13-17-9-5-3-6-10-17)15-19(20)18-11-7-4-8-12-18/h3-12,19H,15H2,1-2H3/b21-16+/t19-,20-/m0/s1. The Bertz CT molecular complexity index is 725. The van der Waals surface area contributed by atoms with Gasteiger partial charge in [0, 0.05) is 11.5 Å². The quantitative estimate of drug-likeness (QED) is 0.470. The van der Waals surface area contributed by atoms with E-state index in [1.807, 2.05) is 43.3 Å². The van der Waals surface area contributed by atoms with E-state index in [0.717, 1.165) is 17.7 Å². The second-order valence-corrected chi connectivity index (χ2v) is 5.61. The molecule has 110 valence electrons. The van der Waals surface area contributed by atoms with Crippen molar-refractivity contribution in [3.8, 4) is 11.8 Å². The summed E-state index contributed by atoms with van der Waals surface area (Å²) in [6.07, 6.45) is 0.996. The average molecular weight is 289 g/mol. The van der Waals surface area contributed by atoms with Crippen LogP contribution in [0.4, 0.5) is 0 Å². The summed E-state index contributed by atoms with van der Waals surface area (Å²) in [5, 5.41) is 4.16. The minimum Gasteiger partial charge on any atom is -0.399 e. The zero-order valence-corrected chi connectivity index (χ0v) is 12.9. The second-order valence-electron chi connectivity index (χ2n) is 5.61. The van der Waals surface area contributed by atoms with E-state index in [2.05, 4.69) is 41.3 Å². The molecule has 1 fully saturated rings. The van der Waals surface area contributed by atoms with Gasteiger partial charge in [0.05, 0.1) is 11.1 Å². The molecule has 0 N–H and O–H groups in total. The first-order chi connectivity index (χ1) is 10.8. The molecular weight excluding hydrogens is 270 g/mol. The van der Waals surface area contributed by atoms with E-state index in [1.165, 1.54) is 5.56 Å². The Kier molecular flexibility index (Phi) is 3.98. The highest BCUT2D eigenvalue weighted by atomic mass is 16.6. The normalized spacial score (nSPS) is 23.4. The van der Waals surface area contributed by atoms with Gasteiger partial charge in [-0.1, -0.05) is 65.5 Å². The Morgan fingerprint density at radius 3 is 2.36 bits per heavy atom. The molecule has 2 atom stereocenters. The number of hydrogen-bond acceptors (Lipinski definition) is 2. The summed E-state index contributed by atoms with van der Waals surface area (Å²) in [6, 6.07) is 20.6. The van der Waals surface area contributed by atoms with E-state index in [4.69, 9.17) is 4.84 Å². The van der Waals surface area contributed by atoms with Crippen molar-refractivity contribution in [1.29, 1.82) is 0 Å². The van der Waals surface area contributed by atoms with Gasteiger partial charge in [-0.2, -0.15) is 0 Å². The number of rotatable bonds is 3. The van der Waals surface area contributed by atoms with Crippen LogP contribution in [-0.2, 0) is 4.84 Å². The summed E-state index contributed by atoms with van der Waals surface area (Å²) >= 11 is 0. The molecule has 0 unspecified atom stereocenters. The highest BCUT2D eigenvalue weighted by Gasteiger charge is 2.56. The van der Waals surface area contributed by atoms with Crippen molar-refractivity contribution in [1.82, 2.24) is 0 Å². The van der Waals surface area contributed by atoms with Crippen LogP contribution in [-0.4, -0.2) is 12.8 Å². The van der Waals surface area contributed by atoms with Gasteiger partial charge in [-0.3, -0.25) is 0 Å². The summed E-state index contributed by atoms with van der Waals surface area (Å²) in [6.45, 7) is 2.01. The van der Waals surface area contributed by atoms with Crippen LogP contribution in [0.5, 0.6) is 0 Å². The molecule has 1 saturated carbocycles. The van der Waals surface area contributed by atoms with Crippen molar-refractivity contribution in [3.63, 3.8) is 0 Å². The van der Waals surface area contributed by atoms with Gasteiger partial charge in [-0.25, -0.2) is 0 Å². The Morgan fingerprint density at radius 1 is 1.09 bits per heavy atom. The molecule has 1 aliphatic carbocycles. The molecular formula is C20H19NO. The van der Waals surface area contributed by atoms with Gasteiger partial charge >= 0.3 is 0 Å². The van der Waals surface area contributed by atoms with E-state index in [-0.39, 0.29) is 5.41 Å². The van der Waals surface area contributed by atoms with Crippen molar-refractivity contribution in [2.45, 2.75) is 19.3 Å². The van der Waals surface area contributed by atoms with Crippen LogP contribution in [0.25, 0.3) is 0 Å². The first kappa shape index (κ1) is 14.4. The van der Waals surface area contributed by atoms with E-state index >= 15 is 0 Å². The number of nitrogens with zero attached hydrogens (tertiary/aromatic N) is 1.